The highest BCUT2D eigenvalue weighted by molar-refractivity contribution is 5.97. The quantitative estimate of drug-likeness (QED) is 0.379. The molecule has 2 N–H and O–H groups in total. The first-order valence-corrected chi connectivity index (χ1v) is 12.9. The maximum atomic E-state index is 14.1. The van der Waals surface area contributed by atoms with E-state index in [4.69, 9.17) is 18.9 Å². The van der Waals surface area contributed by atoms with Gasteiger partial charge in [-0.05, 0) is 60.5 Å². The van der Waals surface area contributed by atoms with E-state index >= 15 is 0 Å². The van der Waals surface area contributed by atoms with Gasteiger partial charge in [0.1, 0.15) is 11.6 Å². The minimum atomic E-state index is -0.861. The maximum absolute atomic E-state index is 14.1. The van der Waals surface area contributed by atoms with Gasteiger partial charge < -0.3 is 34.5 Å². The molecule has 11 heteroatoms. The molecule has 3 aromatic rings. The van der Waals surface area contributed by atoms with E-state index in [1.165, 1.54) is 30.2 Å². The van der Waals surface area contributed by atoms with E-state index in [-0.39, 0.29) is 43.3 Å². The van der Waals surface area contributed by atoms with Crippen molar-refractivity contribution in [1.82, 2.24) is 15.5 Å². The number of hydrogen-bond donors (Lipinski definition) is 2. The third kappa shape index (κ3) is 6.08. The zero-order chi connectivity index (χ0) is 28.9. The summed E-state index contributed by atoms with van der Waals surface area (Å²) in [6.07, 6.45) is 0. The fraction of sp³-hybridized carbons (Fsp3) is 0.233. The molecule has 0 fully saturated rings. The molecule has 0 unspecified atom stereocenters. The Morgan fingerprint density at radius 1 is 1.02 bits per heavy atom. The molecule has 0 bridgehead atoms. The van der Waals surface area contributed by atoms with Crippen LogP contribution in [-0.4, -0.2) is 49.9 Å². The van der Waals surface area contributed by atoms with Crippen LogP contribution in [-0.2, 0) is 16.1 Å². The van der Waals surface area contributed by atoms with Crippen molar-refractivity contribution >= 4 is 17.9 Å². The molecule has 10 nitrogen and oxygen atoms in total. The molecule has 212 valence electrons. The second-order valence-electron chi connectivity index (χ2n) is 9.28. The summed E-state index contributed by atoms with van der Waals surface area (Å²) in [6.45, 7) is 1.74. The number of halogens is 1. The fourth-order valence-electron chi connectivity index (χ4n) is 4.69. The van der Waals surface area contributed by atoms with E-state index in [9.17, 15) is 18.8 Å². The number of nitrogens with zero attached hydrogens (tertiary/aromatic N) is 1. The summed E-state index contributed by atoms with van der Waals surface area (Å²) in [4.78, 5) is 41.3. The number of hydrogen-bond acceptors (Lipinski definition) is 7. The van der Waals surface area contributed by atoms with Crippen molar-refractivity contribution in [3.63, 3.8) is 0 Å². The zero-order valence-electron chi connectivity index (χ0n) is 22.4. The lowest BCUT2D eigenvalue weighted by atomic mass is 9.94. The third-order valence-electron chi connectivity index (χ3n) is 6.62. The SMILES string of the molecule is CCOC(=O)C1=C(CN(Cc2ccc3c(c2)OCO3)C(=O)c2cccc(F)c2)NC(=O)N[C@@H]1c1ccc(OC)cc1. The predicted molar refractivity (Wildman–Crippen MR) is 145 cm³/mol. The van der Waals surface area contributed by atoms with Crippen molar-refractivity contribution < 1.29 is 37.7 Å². The van der Waals surface area contributed by atoms with Crippen LogP contribution in [0.3, 0.4) is 0 Å². The Morgan fingerprint density at radius 2 is 1.80 bits per heavy atom. The zero-order valence-corrected chi connectivity index (χ0v) is 22.4. The minimum absolute atomic E-state index is 0.0576. The van der Waals surface area contributed by atoms with Gasteiger partial charge in [-0.15, -0.1) is 0 Å². The summed E-state index contributed by atoms with van der Waals surface area (Å²) in [6, 6.07) is 16.0. The van der Waals surface area contributed by atoms with Gasteiger partial charge >= 0.3 is 12.0 Å². The van der Waals surface area contributed by atoms with E-state index in [0.717, 1.165) is 6.07 Å². The highest BCUT2D eigenvalue weighted by Gasteiger charge is 2.35. The first kappa shape index (κ1) is 27.5. The van der Waals surface area contributed by atoms with Gasteiger partial charge in [-0.2, -0.15) is 0 Å². The van der Waals surface area contributed by atoms with Crippen LogP contribution in [0.4, 0.5) is 9.18 Å². The van der Waals surface area contributed by atoms with Crippen molar-refractivity contribution in [3.05, 3.63) is 101 Å². The summed E-state index contributed by atoms with van der Waals surface area (Å²) in [5.41, 5.74) is 1.73. The van der Waals surface area contributed by atoms with Crippen LogP contribution < -0.4 is 24.8 Å². The van der Waals surface area contributed by atoms with Crippen LogP contribution in [0.15, 0.2) is 78.0 Å². The lowest BCUT2D eigenvalue weighted by Crippen LogP contribution is -2.49. The number of esters is 1. The number of carbonyl (C=O) groups is 3. The van der Waals surface area contributed by atoms with Gasteiger partial charge in [0.2, 0.25) is 6.79 Å². The Balaban J connectivity index is 1.56. The second kappa shape index (κ2) is 12.0. The van der Waals surface area contributed by atoms with Crippen molar-refractivity contribution in [2.75, 3.05) is 27.1 Å². The largest absolute Gasteiger partial charge is 0.497 e. The molecule has 3 aromatic carbocycles. The van der Waals surface area contributed by atoms with Crippen LogP contribution in [0.1, 0.15) is 34.5 Å². The molecule has 2 heterocycles. The third-order valence-corrected chi connectivity index (χ3v) is 6.62. The molecule has 0 aromatic heterocycles. The summed E-state index contributed by atoms with van der Waals surface area (Å²) in [5.74, 6) is -0.0194. The van der Waals surface area contributed by atoms with E-state index in [0.29, 0.717) is 28.4 Å². The first-order valence-electron chi connectivity index (χ1n) is 12.9. The van der Waals surface area contributed by atoms with E-state index < -0.39 is 29.8 Å². The summed E-state index contributed by atoms with van der Waals surface area (Å²) >= 11 is 0. The number of benzene rings is 3. The molecule has 2 aliphatic heterocycles. The Morgan fingerprint density at radius 3 is 2.54 bits per heavy atom. The Hall–Kier alpha value is -5.06. The molecular formula is C30H28FN3O7. The van der Waals surface area contributed by atoms with Crippen LogP contribution in [0.5, 0.6) is 17.2 Å². The van der Waals surface area contributed by atoms with Crippen LogP contribution in [0.25, 0.3) is 0 Å². The van der Waals surface area contributed by atoms with Crippen molar-refractivity contribution in [2.24, 2.45) is 0 Å². The number of methoxy groups -OCH3 is 1. The smallest absolute Gasteiger partial charge is 0.338 e. The number of amides is 3. The molecule has 0 spiro atoms. The lowest BCUT2D eigenvalue weighted by Gasteiger charge is -2.32. The van der Waals surface area contributed by atoms with Crippen LogP contribution in [0.2, 0.25) is 0 Å². The Kier molecular flexibility index (Phi) is 8.04. The van der Waals surface area contributed by atoms with Gasteiger partial charge in [0.25, 0.3) is 5.91 Å². The number of carbonyl (C=O) groups excluding carboxylic acids is 3. The van der Waals surface area contributed by atoms with Crippen molar-refractivity contribution in [1.29, 1.82) is 0 Å². The highest BCUT2D eigenvalue weighted by Crippen LogP contribution is 2.34. The molecule has 1 atom stereocenters. The molecule has 0 radical (unpaired) electrons. The molecular weight excluding hydrogens is 533 g/mol. The number of urea groups is 1. The molecule has 0 saturated carbocycles. The Bertz CT molecular complexity index is 1510. The maximum Gasteiger partial charge on any atom is 0.338 e. The minimum Gasteiger partial charge on any atom is -0.497 e. The van der Waals surface area contributed by atoms with Gasteiger partial charge in [0.15, 0.2) is 11.5 Å². The Labute approximate surface area is 235 Å². The molecule has 3 amide bonds. The van der Waals surface area contributed by atoms with Gasteiger partial charge in [0, 0.05) is 12.1 Å². The van der Waals surface area contributed by atoms with E-state index in [1.54, 1.807) is 49.4 Å². The van der Waals surface area contributed by atoms with Gasteiger partial charge in [-0.1, -0.05) is 24.3 Å². The fourth-order valence-corrected chi connectivity index (χ4v) is 4.69. The summed E-state index contributed by atoms with van der Waals surface area (Å²) in [7, 11) is 1.54. The number of fused-ring (bicyclic) bond motifs is 1. The first-order chi connectivity index (χ1) is 19.9. The molecule has 5 rings (SSSR count). The number of ether oxygens (including phenoxy) is 4. The van der Waals surface area contributed by atoms with Crippen molar-refractivity contribution in [3.8, 4) is 17.2 Å². The van der Waals surface area contributed by atoms with E-state index in [1.807, 2.05) is 0 Å². The standard InChI is InChI=1S/C30H28FN3O7/c1-3-39-29(36)26-23(32-30(37)33-27(26)19-8-10-22(38-2)11-9-19)16-34(28(35)20-5-4-6-21(31)14-20)15-18-7-12-24-25(13-18)41-17-40-24/h4-14,27H,3,15-17H2,1-2H3,(H2,32,33,37)/t27-/m1/s1. The average molecular weight is 562 g/mol. The van der Waals surface area contributed by atoms with E-state index in [2.05, 4.69) is 10.6 Å². The lowest BCUT2D eigenvalue weighted by molar-refractivity contribution is -0.139. The van der Waals surface area contributed by atoms with Crippen molar-refractivity contribution in [2.45, 2.75) is 19.5 Å². The normalized spacial score (nSPS) is 15.6. The highest BCUT2D eigenvalue weighted by atomic mass is 19.1. The average Bonchev–Trinajstić information content (AvgIpc) is 3.44. The van der Waals surface area contributed by atoms with Crippen LogP contribution in [0, 0.1) is 5.82 Å². The summed E-state index contributed by atoms with van der Waals surface area (Å²) in [5, 5.41) is 5.47. The molecule has 0 saturated heterocycles. The summed E-state index contributed by atoms with van der Waals surface area (Å²) < 4.78 is 35.5. The molecule has 2 aliphatic rings. The van der Waals surface area contributed by atoms with Gasteiger partial charge in [-0.25, -0.2) is 14.0 Å². The number of nitrogens with one attached hydrogen (secondary N) is 2. The molecule has 0 aliphatic carbocycles. The monoisotopic (exact) mass is 561 g/mol. The van der Waals surface area contributed by atoms with Gasteiger partial charge in [0.05, 0.1) is 37.6 Å². The van der Waals surface area contributed by atoms with Gasteiger partial charge in [-0.3, -0.25) is 4.79 Å². The predicted octanol–water partition coefficient (Wildman–Crippen LogP) is 4.08. The topological polar surface area (TPSA) is 115 Å². The number of rotatable bonds is 9. The molecule has 41 heavy (non-hydrogen) atoms. The van der Waals surface area contributed by atoms with Crippen LogP contribution >= 0.6 is 0 Å². The second-order valence-corrected chi connectivity index (χ2v) is 9.28.